The quantitative estimate of drug-likeness (QED) is 0.763. The zero-order chi connectivity index (χ0) is 11.0. The van der Waals surface area contributed by atoms with Gasteiger partial charge >= 0.3 is 0 Å². The molecule has 0 saturated carbocycles. The summed E-state index contributed by atoms with van der Waals surface area (Å²) in [5.41, 5.74) is 0. The normalized spacial score (nSPS) is 30.6. The van der Waals surface area contributed by atoms with Gasteiger partial charge in [0.15, 0.2) is 0 Å². The van der Waals surface area contributed by atoms with Crippen LogP contribution in [0.15, 0.2) is 6.33 Å². The Morgan fingerprint density at radius 2 is 2.44 bits per heavy atom. The van der Waals surface area contributed by atoms with E-state index in [0.29, 0.717) is 6.04 Å². The lowest BCUT2D eigenvalue weighted by Crippen LogP contribution is -2.40. The van der Waals surface area contributed by atoms with E-state index in [2.05, 4.69) is 20.4 Å². The Hall–Kier alpha value is -0.940. The first kappa shape index (κ1) is 10.2. The van der Waals surface area contributed by atoms with Crippen molar-refractivity contribution < 1.29 is 0 Å². The third-order valence-corrected chi connectivity index (χ3v) is 3.85. The Bertz CT molecular complexity index is 347. The molecule has 3 heterocycles. The van der Waals surface area contributed by atoms with E-state index >= 15 is 0 Å². The molecule has 1 aromatic heterocycles. The van der Waals surface area contributed by atoms with Gasteiger partial charge in [0.05, 0.1) is 6.54 Å². The molecule has 88 valence electrons. The minimum Gasteiger partial charge on any atom is -0.320 e. The van der Waals surface area contributed by atoms with Crippen molar-refractivity contribution in [3.8, 4) is 0 Å². The second kappa shape index (κ2) is 4.14. The maximum Gasteiger partial charge on any atom is 0.146 e. The topological polar surface area (TPSA) is 46.0 Å². The first-order valence-electron chi connectivity index (χ1n) is 6.11. The van der Waals surface area contributed by atoms with Crippen LogP contribution >= 0.6 is 0 Å². The fourth-order valence-electron chi connectivity index (χ4n) is 2.92. The summed E-state index contributed by atoms with van der Waals surface area (Å²) < 4.78 is 2.01. The van der Waals surface area contributed by atoms with Crippen molar-refractivity contribution in [3.05, 3.63) is 12.2 Å². The van der Waals surface area contributed by atoms with Crippen LogP contribution in [-0.4, -0.2) is 45.3 Å². The van der Waals surface area contributed by atoms with Crippen LogP contribution in [-0.2, 0) is 13.6 Å². The Kier molecular flexibility index (Phi) is 2.65. The number of fused-ring (bicyclic) bond motifs is 1. The molecule has 0 unspecified atom stereocenters. The van der Waals surface area contributed by atoms with Crippen LogP contribution in [0.25, 0.3) is 0 Å². The van der Waals surface area contributed by atoms with E-state index in [-0.39, 0.29) is 0 Å². The molecular weight excluding hydrogens is 202 g/mol. The molecule has 16 heavy (non-hydrogen) atoms. The van der Waals surface area contributed by atoms with Gasteiger partial charge in [0.25, 0.3) is 0 Å². The van der Waals surface area contributed by atoms with E-state index in [4.69, 9.17) is 0 Å². The molecule has 1 N–H and O–H groups in total. The molecule has 0 amide bonds. The molecule has 3 rings (SSSR count). The molecule has 0 bridgehead atoms. The average Bonchev–Trinajstić information content (AvgIpc) is 2.85. The number of piperidine rings is 1. The largest absolute Gasteiger partial charge is 0.320 e. The Balaban J connectivity index is 1.63. The molecule has 0 aromatic carbocycles. The molecule has 5 heteroatoms. The van der Waals surface area contributed by atoms with Crippen molar-refractivity contribution in [2.45, 2.75) is 25.4 Å². The number of aromatic nitrogens is 3. The van der Waals surface area contributed by atoms with Gasteiger partial charge in [0.2, 0.25) is 0 Å². The monoisotopic (exact) mass is 221 g/mol. The van der Waals surface area contributed by atoms with Crippen molar-refractivity contribution >= 4 is 0 Å². The van der Waals surface area contributed by atoms with Crippen LogP contribution in [0.2, 0.25) is 0 Å². The fourth-order valence-corrected chi connectivity index (χ4v) is 2.92. The van der Waals surface area contributed by atoms with Crippen LogP contribution in [0.3, 0.4) is 0 Å². The second-order valence-electron chi connectivity index (χ2n) is 5.02. The third-order valence-electron chi connectivity index (χ3n) is 3.85. The summed E-state index contributed by atoms with van der Waals surface area (Å²) in [4.78, 5) is 2.50. The number of nitrogens with one attached hydrogen (secondary N) is 1. The van der Waals surface area contributed by atoms with E-state index in [9.17, 15) is 0 Å². The van der Waals surface area contributed by atoms with Gasteiger partial charge in [0, 0.05) is 26.2 Å². The summed E-state index contributed by atoms with van der Waals surface area (Å²) >= 11 is 0. The minimum atomic E-state index is 0.710. The van der Waals surface area contributed by atoms with Gasteiger partial charge in [-0.3, -0.25) is 4.90 Å². The average molecular weight is 221 g/mol. The first-order chi connectivity index (χ1) is 7.83. The highest BCUT2D eigenvalue weighted by Crippen LogP contribution is 2.25. The highest BCUT2D eigenvalue weighted by molar-refractivity contribution is 4.94. The van der Waals surface area contributed by atoms with Crippen LogP contribution < -0.4 is 5.32 Å². The van der Waals surface area contributed by atoms with Crippen LogP contribution in [0.1, 0.15) is 18.7 Å². The second-order valence-corrected chi connectivity index (χ2v) is 5.02. The van der Waals surface area contributed by atoms with Crippen molar-refractivity contribution in [1.29, 1.82) is 0 Å². The van der Waals surface area contributed by atoms with Crippen molar-refractivity contribution in [3.63, 3.8) is 0 Å². The number of rotatable bonds is 2. The lowest BCUT2D eigenvalue weighted by atomic mass is 9.94. The Morgan fingerprint density at radius 1 is 1.50 bits per heavy atom. The van der Waals surface area contributed by atoms with Gasteiger partial charge in [-0.2, -0.15) is 0 Å². The standard InChI is InChI=1S/C11H19N5/c1-15-8-13-14-11(15)7-16-5-9-3-2-4-12-10(9)6-16/h8-10,12H,2-7H2,1H3/t9-,10+/m0/s1. The number of hydrogen-bond donors (Lipinski definition) is 1. The van der Waals surface area contributed by atoms with E-state index < -0.39 is 0 Å². The molecule has 2 aliphatic heterocycles. The Morgan fingerprint density at radius 3 is 3.19 bits per heavy atom. The SMILES string of the molecule is Cn1cnnc1CN1C[C@@H]2CCCN[C@@H]2C1. The van der Waals surface area contributed by atoms with Gasteiger partial charge in [-0.25, -0.2) is 0 Å². The lowest BCUT2D eigenvalue weighted by molar-refractivity contribution is 0.302. The molecule has 2 saturated heterocycles. The van der Waals surface area contributed by atoms with Crippen LogP contribution in [0.5, 0.6) is 0 Å². The lowest BCUT2D eigenvalue weighted by Gasteiger charge is -2.24. The van der Waals surface area contributed by atoms with E-state index in [1.807, 2.05) is 11.6 Å². The van der Waals surface area contributed by atoms with Gasteiger partial charge in [-0.15, -0.1) is 10.2 Å². The molecule has 0 aliphatic carbocycles. The van der Waals surface area contributed by atoms with Gasteiger partial charge in [-0.05, 0) is 25.3 Å². The Labute approximate surface area is 95.8 Å². The molecule has 2 fully saturated rings. The summed E-state index contributed by atoms with van der Waals surface area (Å²) in [5.74, 6) is 1.92. The summed E-state index contributed by atoms with van der Waals surface area (Å²) in [6, 6.07) is 0.710. The smallest absolute Gasteiger partial charge is 0.146 e. The zero-order valence-electron chi connectivity index (χ0n) is 9.76. The van der Waals surface area contributed by atoms with Gasteiger partial charge in [0.1, 0.15) is 12.2 Å². The van der Waals surface area contributed by atoms with E-state index in [0.717, 1.165) is 24.8 Å². The van der Waals surface area contributed by atoms with E-state index in [1.165, 1.54) is 25.9 Å². The number of aryl methyl sites for hydroxylation is 1. The van der Waals surface area contributed by atoms with Crippen molar-refractivity contribution in [2.75, 3.05) is 19.6 Å². The highest BCUT2D eigenvalue weighted by Gasteiger charge is 2.34. The molecule has 5 nitrogen and oxygen atoms in total. The molecule has 1 aromatic rings. The fraction of sp³-hybridized carbons (Fsp3) is 0.818. The molecule has 0 radical (unpaired) electrons. The van der Waals surface area contributed by atoms with Crippen LogP contribution in [0, 0.1) is 5.92 Å². The van der Waals surface area contributed by atoms with Crippen LogP contribution in [0.4, 0.5) is 0 Å². The maximum absolute atomic E-state index is 4.15. The summed E-state index contributed by atoms with van der Waals surface area (Å²) in [6.45, 7) is 4.51. The van der Waals surface area contributed by atoms with Crippen molar-refractivity contribution in [2.24, 2.45) is 13.0 Å². The maximum atomic E-state index is 4.15. The highest BCUT2D eigenvalue weighted by atomic mass is 15.3. The number of nitrogens with zero attached hydrogens (tertiary/aromatic N) is 4. The third kappa shape index (κ3) is 1.85. The molecule has 2 aliphatic rings. The predicted octanol–water partition coefficient (Wildman–Crippen LogP) is -0.00110. The van der Waals surface area contributed by atoms with E-state index in [1.54, 1.807) is 6.33 Å². The van der Waals surface area contributed by atoms with Gasteiger partial charge < -0.3 is 9.88 Å². The molecule has 2 atom stereocenters. The van der Waals surface area contributed by atoms with Gasteiger partial charge in [-0.1, -0.05) is 0 Å². The summed E-state index contributed by atoms with van der Waals surface area (Å²) in [5, 5.41) is 11.7. The minimum absolute atomic E-state index is 0.710. The molecule has 0 spiro atoms. The molecular formula is C11H19N5. The predicted molar refractivity (Wildman–Crippen MR) is 60.8 cm³/mol. The van der Waals surface area contributed by atoms with Crippen molar-refractivity contribution in [1.82, 2.24) is 25.0 Å². The first-order valence-corrected chi connectivity index (χ1v) is 6.11. The zero-order valence-corrected chi connectivity index (χ0v) is 9.76. The summed E-state index contributed by atoms with van der Waals surface area (Å²) in [6.07, 6.45) is 4.49. The number of hydrogen-bond acceptors (Lipinski definition) is 4. The number of likely N-dealkylation sites (tertiary alicyclic amines) is 1. The summed E-state index contributed by atoms with van der Waals surface area (Å²) in [7, 11) is 2.01.